The standard InChI is InChI=1S/C20H20ClN3O4S3/c1-12-9-24(10-13(2)28-12)31(26,27)15-5-3-4-14(8-15)19(25)23-20-22-16(11-29-20)17-6-7-18(21)30-17/h3-8,11-13H,9-10H2,1-2H3,(H,22,23,25). The van der Waals surface area contributed by atoms with Crippen molar-refractivity contribution in [1.29, 1.82) is 0 Å². The van der Waals surface area contributed by atoms with Gasteiger partial charge in [-0.2, -0.15) is 4.31 Å². The lowest BCUT2D eigenvalue weighted by molar-refractivity contribution is -0.0440. The van der Waals surface area contributed by atoms with E-state index in [1.54, 1.807) is 18.2 Å². The van der Waals surface area contributed by atoms with Crippen LogP contribution in [0.3, 0.4) is 0 Å². The predicted molar refractivity (Wildman–Crippen MR) is 124 cm³/mol. The lowest BCUT2D eigenvalue weighted by atomic mass is 10.2. The molecule has 1 fully saturated rings. The van der Waals surface area contributed by atoms with Gasteiger partial charge in [0.15, 0.2) is 5.13 Å². The lowest BCUT2D eigenvalue weighted by Crippen LogP contribution is -2.48. The SMILES string of the molecule is CC1CN(S(=O)(=O)c2cccc(C(=O)Nc3nc(-c4ccc(Cl)s4)cs3)c2)CC(C)O1. The normalized spacial score (nSPS) is 20.0. The quantitative estimate of drug-likeness (QED) is 0.557. The second-order valence-corrected chi connectivity index (χ2v) is 11.7. The number of nitrogens with one attached hydrogen (secondary N) is 1. The Morgan fingerprint density at radius 3 is 2.65 bits per heavy atom. The van der Waals surface area contributed by atoms with Crippen molar-refractivity contribution in [1.82, 2.24) is 9.29 Å². The van der Waals surface area contributed by atoms with Crippen molar-refractivity contribution in [3.63, 3.8) is 0 Å². The maximum absolute atomic E-state index is 13.1. The van der Waals surface area contributed by atoms with Crippen molar-refractivity contribution in [2.75, 3.05) is 18.4 Å². The third-order valence-electron chi connectivity index (χ3n) is 4.67. The first-order chi connectivity index (χ1) is 14.7. The van der Waals surface area contributed by atoms with Crippen LogP contribution in [0.4, 0.5) is 5.13 Å². The summed E-state index contributed by atoms with van der Waals surface area (Å²) < 4.78 is 33.9. The zero-order valence-corrected chi connectivity index (χ0v) is 19.9. The molecule has 11 heteroatoms. The summed E-state index contributed by atoms with van der Waals surface area (Å²) in [6, 6.07) is 9.70. The number of halogens is 1. The summed E-state index contributed by atoms with van der Waals surface area (Å²) in [4.78, 5) is 18.1. The van der Waals surface area contributed by atoms with Gasteiger partial charge in [0.1, 0.15) is 0 Å². The van der Waals surface area contributed by atoms with Crippen molar-refractivity contribution in [3.05, 3.63) is 51.7 Å². The number of benzene rings is 1. The minimum atomic E-state index is -3.74. The summed E-state index contributed by atoms with van der Waals surface area (Å²) in [7, 11) is -3.74. The molecule has 2 unspecified atom stereocenters. The second-order valence-electron chi connectivity index (χ2n) is 7.20. The van der Waals surface area contributed by atoms with E-state index in [1.165, 1.54) is 39.1 Å². The molecule has 1 N–H and O–H groups in total. The minimum Gasteiger partial charge on any atom is -0.373 e. The van der Waals surface area contributed by atoms with E-state index in [1.807, 2.05) is 25.3 Å². The number of morpholine rings is 1. The number of rotatable bonds is 5. The highest BCUT2D eigenvalue weighted by atomic mass is 35.5. The van der Waals surface area contributed by atoms with Crippen LogP contribution < -0.4 is 5.32 Å². The summed E-state index contributed by atoms with van der Waals surface area (Å²) in [5.41, 5.74) is 0.968. The highest BCUT2D eigenvalue weighted by Crippen LogP contribution is 2.33. The predicted octanol–water partition coefficient (Wildman–Crippen LogP) is 4.58. The molecule has 0 spiro atoms. The highest BCUT2D eigenvalue weighted by molar-refractivity contribution is 7.89. The van der Waals surface area contributed by atoms with E-state index in [2.05, 4.69) is 10.3 Å². The molecule has 0 saturated carbocycles. The maximum atomic E-state index is 13.1. The molecule has 4 rings (SSSR count). The third kappa shape index (κ3) is 5.00. The van der Waals surface area contributed by atoms with Crippen molar-refractivity contribution >= 4 is 55.3 Å². The molecular weight excluding hydrogens is 478 g/mol. The summed E-state index contributed by atoms with van der Waals surface area (Å²) in [5.74, 6) is -0.425. The van der Waals surface area contributed by atoms with Gasteiger partial charge in [0.25, 0.3) is 5.91 Å². The van der Waals surface area contributed by atoms with E-state index in [-0.39, 0.29) is 35.8 Å². The van der Waals surface area contributed by atoms with Gasteiger partial charge >= 0.3 is 0 Å². The van der Waals surface area contributed by atoms with Gasteiger partial charge in [0, 0.05) is 24.0 Å². The molecule has 2 aromatic heterocycles. The minimum absolute atomic E-state index is 0.0782. The average Bonchev–Trinajstić information content (AvgIpc) is 3.36. The Balaban J connectivity index is 1.51. The Hall–Kier alpha value is -1.82. The lowest BCUT2D eigenvalue weighted by Gasteiger charge is -2.34. The van der Waals surface area contributed by atoms with E-state index in [4.69, 9.17) is 16.3 Å². The molecule has 1 aliphatic rings. The molecule has 164 valence electrons. The van der Waals surface area contributed by atoms with Crippen LogP contribution in [-0.2, 0) is 14.8 Å². The van der Waals surface area contributed by atoms with E-state index in [9.17, 15) is 13.2 Å². The zero-order valence-electron chi connectivity index (χ0n) is 16.7. The molecule has 0 radical (unpaired) electrons. The van der Waals surface area contributed by atoms with Crippen molar-refractivity contribution in [2.24, 2.45) is 0 Å². The monoisotopic (exact) mass is 497 g/mol. The Morgan fingerprint density at radius 1 is 1.23 bits per heavy atom. The molecule has 7 nitrogen and oxygen atoms in total. The molecular formula is C20H20ClN3O4S3. The number of thiophene rings is 1. The van der Waals surface area contributed by atoms with Crippen LogP contribution >= 0.6 is 34.3 Å². The molecule has 3 heterocycles. The van der Waals surface area contributed by atoms with Crippen molar-refractivity contribution < 1.29 is 17.9 Å². The van der Waals surface area contributed by atoms with Crippen LogP contribution in [0, 0.1) is 0 Å². The molecule has 3 aromatic rings. The fourth-order valence-corrected chi connectivity index (χ4v) is 6.76. The number of carbonyl (C=O) groups excluding carboxylic acids is 1. The van der Waals surface area contributed by atoms with Crippen molar-refractivity contribution in [3.8, 4) is 10.6 Å². The van der Waals surface area contributed by atoms with E-state index < -0.39 is 15.9 Å². The molecule has 1 saturated heterocycles. The number of ether oxygens (including phenoxy) is 1. The number of hydrogen-bond acceptors (Lipinski definition) is 7. The average molecular weight is 498 g/mol. The van der Waals surface area contributed by atoms with Gasteiger partial charge < -0.3 is 4.74 Å². The van der Waals surface area contributed by atoms with Crippen LogP contribution in [0.15, 0.2) is 46.7 Å². The van der Waals surface area contributed by atoms with Gasteiger partial charge in [-0.1, -0.05) is 17.7 Å². The van der Waals surface area contributed by atoms with Gasteiger partial charge in [-0.15, -0.1) is 22.7 Å². The van der Waals surface area contributed by atoms with Gasteiger partial charge in [0.2, 0.25) is 10.0 Å². The summed E-state index contributed by atoms with van der Waals surface area (Å²) in [6.45, 7) is 4.23. The van der Waals surface area contributed by atoms with Gasteiger partial charge in [-0.25, -0.2) is 13.4 Å². The van der Waals surface area contributed by atoms with E-state index in [0.29, 0.717) is 9.47 Å². The number of aromatic nitrogens is 1. The molecule has 1 aliphatic heterocycles. The number of nitrogens with zero attached hydrogens (tertiary/aromatic N) is 2. The van der Waals surface area contributed by atoms with Crippen LogP contribution in [-0.4, -0.2) is 48.9 Å². The van der Waals surface area contributed by atoms with Gasteiger partial charge in [-0.05, 0) is 44.2 Å². The first-order valence-electron chi connectivity index (χ1n) is 9.50. The Kier molecular flexibility index (Phi) is 6.47. The molecule has 0 bridgehead atoms. The number of anilines is 1. The highest BCUT2D eigenvalue weighted by Gasteiger charge is 2.32. The topological polar surface area (TPSA) is 88.6 Å². The molecule has 1 amide bonds. The van der Waals surface area contributed by atoms with Crippen molar-refractivity contribution in [2.45, 2.75) is 31.0 Å². The second kappa shape index (κ2) is 8.97. The summed E-state index contributed by atoms with van der Waals surface area (Å²) >= 11 is 8.66. The Morgan fingerprint density at radius 2 is 1.97 bits per heavy atom. The molecule has 0 aliphatic carbocycles. The van der Waals surface area contributed by atoms with E-state index >= 15 is 0 Å². The number of sulfonamides is 1. The van der Waals surface area contributed by atoms with Gasteiger partial charge in [0.05, 0.1) is 32.0 Å². The Bertz CT molecular complexity index is 1200. The van der Waals surface area contributed by atoms with Crippen LogP contribution in [0.1, 0.15) is 24.2 Å². The first kappa shape index (κ1) is 22.4. The zero-order chi connectivity index (χ0) is 22.2. The van der Waals surface area contributed by atoms with E-state index in [0.717, 1.165) is 10.6 Å². The first-order valence-corrected chi connectivity index (χ1v) is 13.0. The maximum Gasteiger partial charge on any atom is 0.257 e. The molecule has 1 aromatic carbocycles. The Labute approximate surface area is 193 Å². The number of hydrogen-bond donors (Lipinski definition) is 1. The number of amides is 1. The molecule has 2 atom stereocenters. The summed E-state index contributed by atoms with van der Waals surface area (Å²) in [6.07, 6.45) is -0.385. The smallest absolute Gasteiger partial charge is 0.257 e. The summed E-state index contributed by atoms with van der Waals surface area (Å²) in [5, 5.41) is 5.00. The van der Waals surface area contributed by atoms with Gasteiger partial charge in [-0.3, -0.25) is 10.1 Å². The molecule has 31 heavy (non-hydrogen) atoms. The van der Waals surface area contributed by atoms with Crippen LogP contribution in [0.2, 0.25) is 4.34 Å². The largest absolute Gasteiger partial charge is 0.373 e. The van der Waals surface area contributed by atoms with Crippen LogP contribution in [0.25, 0.3) is 10.6 Å². The fourth-order valence-electron chi connectivity index (χ4n) is 3.34. The number of carbonyl (C=O) groups is 1. The number of thiazole rings is 1. The third-order valence-corrected chi connectivity index (χ3v) is 8.51. The van der Waals surface area contributed by atoms with Crippen LogP contribution in [0.5, 0.6) is 0 Å². The fraction of sp³-hybridized carbons (Fsp3) is 0.300.